The van der Waals surface area contributed by atoms with Crippen LogP contribution in [0, 0.1) is 10.1 Å². The predicted octanol–water partition coefficient (Wildman–Crippen LogP) is 2.41. The molecule has 1 aromatic carbocycles. The van der Waals surface area contributed by atoms with Crippen molar-refractivity contribution >= 4 is 17.3 Å². The molecule has 0 bridgehead atoms. The molecule has 0 aliphatic carbocycles. The van der Waals surface area contributed by atoms with E-state index in [2.05, 4.69) is 5.32 Å². The second-order valence-corrected chi connectivity index (χ2v) is 4.73. The molecule has 0 spiro atoms. The Balaban J connectivity index is 2.10. The van der Waals surface area contributed by atoms with Crippen LogP contribution in [0.25, 0.3) is 0 Å². The Bertz CT molecular complexity index is 828. The number of rotatable bonds is 4. The van der Waals surface area contributed by atoms with E-state index in [-0.39, 0.29) is 11.4 Å². The van der Waals surface area contributed by atoms with Crippen molar-refractivity contribution < 1.29 is 22.9 Å². The predicted molar refractivity (Wildman–Crippen MR) is 77.4 cm³/mol. The van der Waals surface area contributed by atoms with Crippen LogP contribution in [-0.4, -0.2) is 15.4 Å². The van der Waals surface area contributed by atoms with E-state index in [1.165, 1.54) is 0 Å². The molecular weight excluding hydrogens is 331 g/mol. The minimum atomic E-state index is -4.49. The van der Waals surface area contributed by atoms with E-state index in [4.69, 9.17) is 0 Å². The highest BCUT2D eigenvalue weighted by molar-refractivity contribution is 5.90. The van der Waals surface area contributed by atoms with Crippen LogP contribution in [0.3, 0.4) is 0 Å². The number of halogens is 3. The zero-order chi connectivity index (χ0) is 17.9. The number of carbonyl (C=O) groups excluding carboxylic acids is 1. The largest absolute Gasteiger partial charge is 0.416 e. The Labute approximate surface area is 132 Å². The molecule has 1 heterocycles. The minimum absolute atomic E-state index is 0.103. The zero-order valence-corrected chi connectivity index (χ0v) is 11.9. The van der Waals surface area contributed by atoms with E-state index < -0.39 is 34.7 Å². The van der Waals surface area contributed by atoms with Gasteiger partial charge in [-0.3, -0.25) is 24.3 Å². The van der Waals surface area contributed by atoms with Crippen molar-refractivity contribution in [3.05, 3.63) is 68.6 Å². The van der Waals surface area contributed by atoms with E-state index in [0.717, 1.165) is 47.2 Å². The van der Waals surface area contributed by atoms with E-state index in [0.29, 0.717) is 0 Å². The molecule has 0 saturated heterocycles. The zero-order valence-electron chi connectivity index (χ0n) is 11.9. The average molecular weight is 341 g/mol. The summed E-state index contributed by atoms with van der Waals surface area (Å²) in [5.74, 6) is -0.711. The molecule has 1 amide bonds. The van der Waals surface area contributed by atoms with Crippen LogP contribution in [0.1, 0.15) is 5.56 Å². The SMILES string of the molecule is O=C(Cn1cc([N+](=O)[O-])ccc1=O)Nc1ccc(C(F)(F)F)cc1. The van der Waals surface area contributed by atoms with Crippen molar-refractivity contribution in [2.45, 2.75) is 12.7 Å². The van der Waals surface area contributed by atoms with Gasteiger partial charge < -0.3 is 5.32 Å². The van der Waals surface area contributed by atoms with E-state index >= 15 is 0 Å². The Morgan fingerprint density at radius 2 is 1.79 bits per heavy atom. The number of carbonyl (C=O) groups is 1. The van der Waals surface area contributed by atoms with Crippen molar-refractivity contribution in [3.8, 4) is 0 Å². The lowest BCUT2D eigenvalue weighted by Gasteiger charge is -2.09. The minimum Gasteiger partial charge on any atom is -0.325 e. The number of alkyl halides is 3. The first-order valence-electron chi connectivity index (χ1n) is 6.49. The average Bonchev–Trinajstić information content (AvgIpc) is 2.48. The van der Waals surface area contributed by atoms with Crippen LogP contribution < -0.4 is 10.9 Å². The maximum atomic E-state index is 12.4. The number of hydrogen-bond donors (Lipinski definition) is 1. The van der Waals surface area contributed by atoms with Crippen LogP contribution in [0.2, 0.25) is 0 Å². The fraction of sp³-hybridized carbons (Fsp3) is 0.143. The molecule has 10 heteroatoms. The van der Waals surface area contributed by atoms with Gasteiger partial charge >= 0.3 is 6.18 Å². The van der Waals surface area contributed by atoms with Gasteiger partial charge in [-0.25, -0.2) is 0 Å². The summed E-state index contributed by atoms with van der Waals surface area (Å²) in [6.07, 6.45) is -3.58. The van der Waals surface area contributed by atoms with Crippen molar-refractivity contribution in [2.24, 2.45) is 0 Å². The highest BCUT2D eigenvalue weighted by Crippen LogP contribution is 2.29. The van der Waals surface area contributed by atoms with Gasteiger partial charge in [-0.05, 0) is 24.3 Å². The number of amides is 1. The highest BCUT2D eigenvalue weighted by atomic mass is 19.4. The summed E-state index contributed by atoms with van der Waals surface area (Å²) >= 11 is 0. The van der Waals surface area contributed by atoms with Crippen molar-refractivity contribution in [2.75, 3.05) is 5.32 Å². The molecule has 0 atom stereocenters. The maximum absolute atomic E-state index is 12.4. The number of aromatic nitrogens is 1. The first kappa shape index (κ1) is 17.2. The van der Waals surface area contributed by atoms with Crippen molar-refractivity contribution in [1.29, 1.82) is 0 Å². The summed E-state index contributed by atoms with van der Waals surface area (Å²) in [5.41, 5.74) is -1.75. The molecule has 0 aliphatic rings. The van der Waals surface area contributed by atoms with Crippen LogP contribution in [-0.2, 0) is 17.5 Å². The van der Waals surface area contributed by atoms with Crippen LogP contribution in [0.5, 0.6) is 0 Å². The van der Waals surface area contributed by atoms with Crippen LogP contribution in [0.4, 0.5) is 24.5 Å². The Kier molecular flexibility index (Phi) is 4.67. The fourth-order valence-corrected chi connectivity index (χ4v) is 1.85. The molecule has 1 aromatic heterocycles. The smallest absolute Gasteiger partial charge is 0.325 e. The lowest BCUT2D eigenvalue weighted by atomic mass is 10.2. The highest BCUT2D eigenvalue weighted by Gasteiger charge is 2.29. The lowest BCUT2D eigenvalue weighted by Crippen LogP contribution is -2.27. The molecule has 7 nitrogen and oxygen atoms in total. The summed E-state index contributed by atoms with van der Waals surface area (Å²) in [7, 11) is 0. The second kappa shape index (κ2) is 6.52. The molecule has 0 aliphatic heterocycles. The number of benzene rings is 1. The molecular formula is C14H10F3N3O4. The molecule has 0 saturated carbocycles. The van der Waals surface area contributed by atoms with Gasteiger partial charge in [0, 0.05) is 17.8 Å². The Hall–Kier alpha value is -3.17. The van der Waals surface area contributed by atoms with E-state index in [1.54, 1.807) is 0 Å². The number of nitrogens with zero attached hydrogens (tertiary/aromatic N) is 2. The third-order valence-corrected chi connectivity index (χ3v) is 2.99. The Morgan fingerprint density at radius 3 is 2.33 bits per heavy atom. The van der Waals surface area contributed by atoms with Crippen LogP contribution >= 0.6 is 0 Å². The van der Waals surface area contributed by atoms with Gasteiger partial charge in [0.05, 0.1) is 16.7 Å². The topological polar surface area (TPSA) is 94.2 Å². The summed E-state index contributed by atoms with van der Waals surface area (Å²) < 4.78 is 38.1. The number of nitrogens with one attached hydrogen (secondary N) is 1. The van der Waals surface area contributed by atoms with Crippen molar-refractivity contribution in [3.63, 3.8) is 0 Å². The molecule has 24 heavy (non-hydrogen) atoms. The lowest BCUT2D eigenvalue weighted by molar-refractivity contribution is -0.385. The van der Waals surface area contributed by atoms with Gasteiger partial charge in [0.25, 0.3) is 11.2 Å². The van der Waals surface area contributed by atoms with Gasteiger partial charge in [0.2, 0.25) is 5.91 Å². The number of nitro groups is 1. The normalized spacial score (nSPS) is 11.1. The summed E-state index contributed by atoms with van der Waals surface area (Å²) in [6, 6.07) is 5.69. The fourth-order valence-electron chi connectivity index (χ4n) is 1.85. The molecule has 0 fully saturated rings. The molecule has 2 aromatic rings. The van der Waals surface area contributed by atoms with E-state index in [1.807, 2.05) is 0 Å². The maximum Gasteiger partial charge on any atom is 0.416 e. The van der Waals surface area contributed by atoms with Gasteiger partial charge in [-0.2, -0.15) is 13.2 Å². The van der Waals surface area contributed by atoms with Gasteiger partial charge in [0.15, 0.2) is 0 Å². The molecule has 0 unspecified atom stereocenters. The Morgan fingerprint density at radius 1 is 1.17 bits per heavy atom. The summed E-state index contributed by atoms with van der Waals surface area (Å²) in [6.45, 7) is -0.512. The van der Waals surface area contributed by atoms with Crippen LogP contribution in [0.15, 0.2) is 47.4 Å². The second-order valence-electron chi connectivity index (χ2n) is 4.73. The molecule has 0 radical (unpaired) electrons. The first-order valence-corrected chi connectivity index (χ1v) is 6.49. The van der Waals surface area contributed by atoms with Gasteiger partial charge in [-0.15, -0.1) is 0 Å². The number of hydrogen-bond acceptors (Lipinski definition) is 4. The van der Waals surface area contributed by atoms with E-state index in [9.17, 15) is 32.9 Å². The molecule has 1 N–H and O–H groups in total. The number of pyridine rings is 1. The number of anilines is 1. The molecule has 126 valence electrons. The first-order chi connectivity index (χ1) is 11.2. The summed E-state index contributed by atoms with van der Waals surface area (Å²) in [4.78, 5) is 33.3. The van der Waals surface area contributed by atoms with Gasteiger partial charge in [-0.1, -0.05) is 0 Å². The monoisotopic (exact) mass is 341 g/mol. The third kappa shape index (κ3) is 4.18. The summed E-state index contributed by atoms with van der Waals surface area (Å²) in [5, 5.41) is 13.0. The van der Waals surface area contributed by atoms with Crippen molar-refractivity contribution in [1.82, 2.24) is 4.57 Å². The quantitative estimate of drug-likeness (QED) is 0.682. The molecule has 2 rings (SSSR count). The standard InChI is InChI=1S/C14H10F3N3O4/c15-14(16,17)9-1-3-10(4-2-9)18-12(21)8-19-7-11(20(23)24)5-6-13(19)22/h1-7H,8H2,(H,18,21). The third-order valence-electron chi connectivity index (χ3n) is 2.99. The van der Waals surface area contributed by atoms with Gasteiger partial charge in [0.1, 0.15) is 6.54 Å².